The number of hydrogen-bond donors (Lipinski definition) is 1. The molecule has 0 aromatic heterocycles. The summed E-state index contributed by atoms with van der Waals surface area (Å²) in [7, 11) is 1.69. The number of urea groups is 1. The predicted octanol–water partition coefficient (Wildman–Crippen LogP) is 1.69. The molecule has 1 aliphatic carbocycles. The van der Waals surface area contributed by atoms with Crippen molar-refractivity contribution in [1.29, 1.82) is 0 Å². The Morgan fingerprint density at radius 3 is 2.79 bits per heavy atom. The summed E-state index contributed by atoms with van der Waals surface area (Å²) in [5.74, 6) is 0. The zero-order chi connectivity index (χ0) is 10.1. The molecule has 0 radical (unpaired) electrons. The van der Waals surface area contributed by atoms with Crippen LogP contribution in [0.1, 0.15) is 17.5 Å². The van der Waals surface area contributed by atoms with Crippen molar-refractivity contribution in [3.05, 3.63) is 29.3 Å². The molecule has 0 aliphatic heterocycles. The molecule has 0 atom stereocenters. The lowest BCUT2D eigenvalue weighted by atomic mass is 10.1. The quantitative estimate of drug-likeness (QED) is 0.719. The second-order valence-corrected chi connectivity index (χ2v) is 3.70. The number of aryl methyl sites for hydroxylation is 2. The topological polar surface area (TPSA) is 46.3 Å². The minimum atomic E-state index is -0.414. The van der Waals surface area contributed by atoms with Crippen molar-refractivity contribution >= 4 is 11.7 Å². The molecule has 2 N–H and O–H groups in total. The number of benzene rings is 1. The monoisotopic (exact) mass is 190 g/mol. The minimum absolute atomic E-state index is 0.414. The molecule has 2 amide bonds. The first kappa shape index (κ1) is 9.06. The van der Waals surface area contributed by atoms with Gasteiger partial charge in [0.1, 0.15) is 0 Å². The van der Waals surface area contributed by atoms with Crippen LogP contribution in [0.2, 0.25) is 0 Å². The average Bonchev–Trinajstić information content (AvgIpc) is 2.62. The third-order valence-corrected chi connectivity index (χ3v) is 2.80. The fourth-order valence-electron chi connectivity index (χ4n) is 1.89. The van der Waals surface area contributed by atoms with Crippen LogP contribution in [0.25, 0.3) is 0 Å². The molecule has 1 aromatic carbocycles. The summed E-state index contributed by atoms with van der Waals surface area (Å²) >= 11 is 0. The van der Waals surface area contributed by atoms with Crippen LogP contribution in [0.3, 0.4) is 0 Å². The second-order valence-electron chi connectivity index (χ2n) is 3.70. The standard InChI is InChI=1S/C11H14N2O/c1-13(11(12)14)10-6-5-8-3-2-4-9(8)7-10/h5-7H,2-4H2,1H3,(H2,12,14). The normalized spacial score (nSPS) is 13.8. The lowest BCUT2D eigenvalue weighted by Crippen LogP contribution is -2.31. The van der Waals surface area contributed by atoms with Crippen molar-refractivity contribution in [1.82, 2.24) is 0 Å². The number of rotatable bonds is 1. The maximum Gasteiger partial charge on any atom is 0.318 e. The van der Waals surface area contributed by atoms with Gasteiger partial charge in [0.2, 0.25) is 0 Å². The van der Waals surface area contributed by atoms with Gasteiger partial charge in [-0.1, -0.05) is 6.07 Å². The van der Waals surface area contributed by atoms with E-state index in [4.69, 9.17) is 5.73 Å². The number of nitrogens with zero attached hydrogens (tertiary/aromatic N) is 1. The van der Waals surface area contributed by atoms with E-state index in [1.807, 2.05) is 6.07 Å². The predicted molar refractivity (Wildman–Crippen MR) is 56.5 cm³/mol. The first-order valence-electron chi connectivity index (χ1n) is 4.83. The van der Waals surface area contributed by atoms with Crippen LogP contribution in [0.4, 0.5) is 10.5 Å². The zero-order valence-corrected chi connectivity index (χ0v) is 8.29. The third-order valence-electron chi connectivity index (χ3n) is 2.80. The maximum atomic E-state index is 10.9. The first-order valence-corrected chi connectivity index (χ1v) is 4.83. The number of primary amides is 1. The van der Waals surface area contributed by atoms with E-state index >= 15 is 0 Å². The fourth-order valence-corrected chi connectivity index (χ4v) is 1.89. The van der Waals surface area contributed by atoms with Crippen LogP contribution in [-0.2, 0) is 12.8 Å². The van der Waals surface area contributed by atoms with Gasteiger partial charge in [-0.3, -0.25) is 4.90 Å². The van der Waals surface area contributed by atoms with Gasteiger partial charge in [-0.15, -0.1) is 0 Å². The molecule has 0 saturated carbocycles. The minimum Gasteiger partial charge on any atom is -0.351 e. The van der Waals surface area contributed by atoms with E-state index in [2.05, 4.69) is 12.1 Å². The first-order chi connectivity index (χ1) is 6.68. The van der Waals surface area contributed by atoms with E-state index in [0.717, 1.165) is 18.5 Å². The molecule has 74 valence electrons. The van der Waals surface area contributed by atoms with Crippen LogP contribution in [0.15, 0.2) is 18.2 Å². The summed E-state index contributed by atoms with van der Waals surface area (Å²) in [4.78, 5) is 12.4. The molecule has 1 aromatic rings. The SMILES string of the molecule is CN(C(N)=O)c1ccc2c(c1)CCC2. The van der Waals surface area contributed by atoms with Gasteiger partial charge in [-0.2, -0.15) is 0 Å². The van der Waals surface area contributed by atoms with Gasteiger partial charge in [0.15, 0.2) is 0 Å². The number of anilines is 1. The van der Waals surface area contributed by atoms with E-state index in [1.165, 1.54) is 22.4 Å². The fraction of sp³-hybridized carbons (Fsp3) is 0.364. The van der Waals surface area contributed by atoms with Crippen LogP contribution in [-0.4, -0.2) is 13.1 Å². The van der Waals surface area contributed by atoms with E-state index in [1.54, 1.807) is 7.05 Å². The van der Waals surface area contributed by atoms with Crippen molar-refractivity contribution in [2.24, 2.45) is 5.73 Å². The van der Waals surface area contributed by atoms with Crippen molar-refractivity contribution in [2.45, 2.75) is 19.3 Å². The molecule has 0 bridgehead atoms. The van der Waals surface area contributed by atoms with E-state index in [9.17, 15) is 4.79 Å². The summed E-state index contributed by atoms with van der Waals surface area (Å²) in [5.41, 5.74) is 8.85. The highest BCUT2D eigenvalue weighted by Crippen LogP contribution is 2.26. The molecule has 14 heavy (non-hydrogen) atoms. The van der Waals surface area contributed by atoms with Gasteiger partial charge >= 0.3 is 6.03 Å². The molecule has 0 saturated heterocycles. The number of nitrogens with two attached hydrogens (primary N) is 1. The number of fused-ring (bicyclic) bond motifs is 1. The number of amides is 2. The highest BCUT2D eigenvalue weighted by Gasteiger charge is 2.13. The Morgan fingerprint density at radius 1 is 1.36 bits per heavy atom. The van der Waals surface area contributed by atoms with Crippen LogP contribution in [0.5, 0.6) is 0 Å². The molecule has 0 unspecified atom stereocenters. The largest absolute Gasteiger partial charge is 0.351 e. The van der Waals surface area contributed by atoms with Gasteiger partial charge in [0.05, 0.1) is 0 Å². The zero-order valence-electron chi connectivity index (χ0n) is 8.29. The molecule has 0 fully saturated rings. The van der Waals surface area contributed by atoms with Crippen LogP contribution >= 0.6 is 0 Å². The van der Waals surface area contributed by atoms with E-state index < -0.39 is 6.03 Å². The van der Waals surface area contributed by atoms with Crippen LogP contribution in [0, 0.1) is 0 Å². The van der Waals surface area contributed by atoms with Gasteiger partial charge in [0, 0.05) is 12.7 Å². The second kappa shape index (κ2) is 3.33. The number of carbonyl (C=O) groups excluding carboxylic acids is 1. The molecule has 3 nitrogen and oxygen atoms in total. The Morgan fingerprint density at radius 2 is 2.07 bits per heavy atom. The van der Waals surface area contributed by atoms with Crippen molar-refractivity contribution in [3.8, 4) is 0 Å². The smallest absolute Gasteiger partial charge is 0.318 e. The summed E-state index contributed by atoms with van der Waals surface area (Å²) < 4.78 is 0. The number of carbonyl (C=O) groups is 1. The molecular weight excluding hydrogens is 176 g/mol. The highest BCUT2D eigenvalue weighted by molar-refractivity contribution is 5.90. The third kappa shape index (κ3) is 1.45. The Bertz CT molecular complexity index is 374. The average molecular weight is 190 g/mol. The number of hydrogen-bond acceptors (Lipinski definition) is 1. The Hall–Kier alpha value is -1.51. The molecule has 2 rings (SSSR count). The van der Waals surface area contributed by atoms with Crippen molar-refractivity contribution < 1.29 is 4.79 Å². The van der Waals surface area contributed by atoms with Gasteiger partial charge in [-0.05, 0) is 42.5 Å². The highest BCUT2D eigenvalue weighted by atomic mass is 16.2. The summed E-state index contributed by atoms with van der Waals surface area (Å²) in [6.07, 6.45) is 3.50. The molecule has 0 spiro atoms. The van der Waals surface area contributed by atoms with Crippen molar-refractivity contribution in [3.63, 3.8) is 0 Å². The lowest BCUT2D eigenvalue weighted by Gasteiger charge is -2.15. The Kier molecular flexibility index (Phi) is 2.15. The van der Waals surface area contributed by atoms with Crippen molar-refractivity contribution in [2.75, 3.05) is 11.9 Å². The Balaban J connectivity index is 2.33. The molecular formula is C11H14N2O. The van der Waals surface area contributed by atoms with Crippen LogP contribution < -0.4 is 10.6 Å². The molecule has 3 heteroatoms. The van der Waals surface area contributed by atoms with E-state index in [0.29, 0.717) is 0 Å². The Labute approximate surface area is 83.5 Å². The molecule has 1 aliphatic rings. The molecule has 0 heterocycles. The van der Waals surface area contributed by atoms with Gasteiger partial charge < -0.3 is 5.73 Å². The van der Waals surface area contributed by atoms with E-state index in [-0.39, 0.29) is 0 Å². The summed E-state index contributed by atoms with van der Waals surface area (Å²) in [5, 5.41) is 0. The van der Waals surface area contributed by atoms with Gasteiger partial charge in [0.25, 0.3) is 0 Å². The summed E-state index contributed by atoms with van der Waals surface area (Å²) in [6.45, 7) is 0. The maximum absolute atomic E-state index is 10.9. The van der Waals surface area contributed by atoms with Gasteiger partial charge in [-0.25, -0.2) is 4.79 Å². The lowest BCUT2D eigenvalue weighted by molar-refractivity contribution is 0.255. The summed E-state index contributed by atoms with van der Waals surface area (Å²) in [6, 6.07) is 5.70.